The zero-order valence-electron chi connectivity index (χ0n) is 19.7. The summed E-state index contributed by atoms with van der Waals surface area (Å²) in [5, 5.41) is 11.5. The van der Waals surface area contributed by atoms with Crippen molar-refractivity contribution >= 4 is 51.0 Å². The zero-order chi connectivity index (χ0) is 25.6. The molecule has 6 nitrogen and oxygen atoms in total. The summed E-state index contributed by atoms with van der Waals surface area (Å²) < 4.78 is 2.56. The molecule has 0 fully saturated rings. The van der Waals surface area contributed by atoms with Gasteiger partial charge in [0.25, 0.3) is 0 Å². The summed E-state index contributed by atoms with van der Waals surface area (Å²) in [5.41, 5.74) is 5.42. The van der Waals surface area contributed by atoms with Crippen molar-refractivity contribution in [2.24, 2.45) is 0 Å². The average Bonchev–Trinajstić information content (AvgIpc) is 3.31. The molecule has 0 aliphatic carbocycles. The van der Waals surface area contributed by atoms with Gasteiger partial charge in [-0.15, -0.1) is 0 Å². The smallest absolute Gasteiger partial charge is 0.244 e. The Bertz CT molecular complexity index is 1570. The topological polar surface area (TPSA) is 71.3 Å². The number of carbonyl (C=O) groups excluding carboxylic acids is 1. The number of anilines is 1. The number of nitrogens with zero attached hydrogens (tertiary/aromatic N) is 3. The molecule has 0 spiro atoms. The van der Waals surface area contributed by atoms with Gasteiger partial charge in [0.1, 0.15) is 5.82 Å². The molecule has 0 aliphatic rings. The molecule has 8 heteroatoms. The van der Waals surface area contributed by atoms with Crippen molar-refractivity contribution in [2.45, 2.75) is 13.1 Å². The Morgan fingerprint density at radius 1 is 0.946 bits per heavy atom. The fourth-order valence-corrected chi connectivity index (χ4v) is 4.40. The van der Waals surface area contributed by atoms with Crippen molar-refractivity contribution in [3.63, 3.8) is 0 Å². The van der Waals surface area contributed by atoms with Crippen LogP contribution in [-0.4, -0.2) is 20.5 Å². The third-order valence-electron chi connectivity index (χ3n) is 5.77. The van der Waals surface area contributed by atoms with E-state index >= 15 is 0 Å². The lowest BCUT2D eigenvalue weighted by Gasteiger charge is -2.12. The first-order valence-electron chi connectivity index (χ1n) is 11.7. The third kappa shape index (κ3) is 6.07. The highest BCUT2D eigenvalue weighted by atomic mass is 79.9. The number of rotatable bonds is 8. The van der Waals surface area contributed by atoms with Gasteiger partial charge in [0.2, 0.25) is 5.91 Å². The van der Waals surface area contributed by atoms with Gasteiger partial charge in [-0.1, -0.05) is 84.4 Å². The van der Waals surface area contributed by atoms with E-state index in [0.717, 1.165) is 38.2 Å². The van der Waals surface area contributed by atoms with E-state index in [-0.39, 0.29) is 5.91 Å². The summed E-state index contributed by atoms with van der Waals surface area (Å²) in [7, 11) is 0. The van der Waals surface area contributed by atoms with Crippen LogP contribution in [0, 0.1) is 0 Å². The Morgan fingerprint density at radius 3 is 2.41 bits per heavy atom. The average molecular weight is 573 g/mol. The van der Waals surface area contributed by atoms with E-state index in [1.165, 1.54) is 0 Å². The van der Waals surface area contributed by atoms with Crippen LogP contribution in [0.25, 0.3) is 23.0 Å². The van der Waals surface area contributed by atoms with Crippen molar-refractivity contribution in [1.82, 2.24) is 19.9 Å². The molecule has 5 aromatic rings. The number of nitrogens with one attached hydrogen (secondary N) is 2. The van der Waals surface area contributed by atoms with Crippen molar-refractivity contribution in [1.29, 1.82) is 0 Å². The van der Waals surface area contributed by atoms with Gasteiger partial charge in [-0.3, -0.25) is 4.79 Å². The van der Waals surface area contributed by atoms with Crippen LogP contribution in [0.15, 0.2) is 102 Å². The molecule has 0 saturated carbocycles. The van der Waals surface area contributed by atoms with E-state index in [2.05, 4.69) is 31.7 Å². The van der Waals surface area contributed by atoms with E-state index in [9.17, 15) is 4.79 Å². The van der Waals surface area contributed by atoms with Gasteiger partial charge in [0.05, 0.1) is 16.4 Å². The molecule has 2 heterocycles. The first kappa shape index (κ1) is 24.7. The number of carbonyl (C=O) groups is 1. The van der Waals surface area contributed by atoms with Crippen LogP contribution in [0.3, 0.4) is 0 Å². The van der Waals surface area contributed by atoms with E-state index in [4.69, 9.17) is 16.6 Å². The summed E-state index contributed by atoms with van der Waals surface area (Å²) in [5.74, 6) is 0.670. The second-order valence-corrected chi connectivity index (χ2v) is 9.63. The lowest BCUT2D eigenvalue weighted by atomic mass is 10.1. The molecule has 0 saturated heterocycles. The monoisotopic (exact) mass is 571 g/mol. The van der Waals surface area contributed by atoms with E-state index in [0.29, 0.717) is 23.8 Å². The molecular formula is C29H23BrClN5O. The Labute approximate surface area is 228 Å². The maximum absolute atomic E-state index is 12.1. The number of benzene rings is 3. The van der Waals surface area contributed by atoms with Crippen LogP contribution in [-0.2, 0) is 17.9 Å². The molecule has 0 atom stereocenters. The predicted octanol–water partition coefficient (Wildman–Crippen LogP) is 6.75. The summed E-state index contributed by atoms with van der Waals surface area (Å²) in [6.07, 6.45) is 5.07. The predicted molar refractivity (Wildman–Crippen MR) is 152 cm³/mol. The third-order valence-corrected chi connectivity index (χ3v) is 6.66. The van der Waals surface area contributed by atoms with Gasteiger partial charge >= 0.3 is 0 Å². The Hall–Kier alpha value is -3.94. The second-order valence-electron chi connectivity index (χ2n) is 8.37. The minimum Gasteiger partial charge on any atom is -0.366 e. The van der Waals surface area contributed by atoms with Crippen LogP contribution >= 0.6 is 27.5 Å². The highest BCUT2D eigenvalue weighted by molar-refractivity contribution is 9.10. The zero-order valence-corrected chi connectivity index (χ0v) is 22.1. The number of fused-ring (bicyclic) bond motifs is 1. The van der Waals surface area contributed by atoms with Crippen molar-refractivity contribution in [2.75, 3.05) is 5.32 Å². The minimum atomic E-state index is -0.129. The summed E-state index contributed by atoms with van der Waals surface area (Å²) in [4.78, 5) is 16.9. The molecular weight excluding hydrogens is 550 g/mol. The molecule has 3 aromatic carbocycles. The van der Waals surface area contributed by atoms with Crippen LogP contribution in [0.1, 0.15) is 16.7 Å². The molecule has 37 heavy (non-hydrogen) atoms. The molecule has 0 aliphatic heterocycles. The minimum absolute atomic E-state index is 0.129. The van der Waals surface area contributed by atoms with Gasteiger partial charge in [0.15, 0.2) is 5.65 Å². The SMILES string of the molecule is O=C(/C=C/c1ccccc1)NCc1ccc(CNc2cc(-c3ccccc3Cl)nc3c(Br)cnn23)cc1. The summed E-state index contributed by atoms with van der Waals surface area (Å²) >= 11 is 9.97. The van der Waals surface area contributed by atoms with Crippen molar-refractivity contribution < 1.29 is 4.79 Å². The normalized spacial score (nSPS) is 11.2. The van der Waals surface area contributed by atoms with Crippen LogP contribution in [0.4, 0.5) is 5.82 Å². The maximum Gasteiger partial charge on any atom is 0.244 e. The van der Waals surface area contributed by atoms with E-state index in [1.54, 1.807) is 22.9 Å². The second kappa shape index (κ2) is 11.4. The molecule has 2 aromatic heterocycles. The Morgan fingerprint density at radius 2 is 1.65 bits per heavy atom. The van der Waals surface area contributed by atoms with Gasteiger partial charge in [-0.05, 0) is 44.8 Å². The van der Waals surface area contributed by atoms with Crippen molar-refractivity contribution in [3.05, 3.63) is 123 Å². The lowest BCUT2D eigenvalue weighted by Crippen LogP contribution is -2.20. The van der Waals surface area contributed by atoms with E-state index in [1.807, 2.05) is 84.9 Å². The number of amides is 1. The summed E-state index contributed by atoms with van der Waals surface area (Å²) in [6.45, 7) is 1.05. The number of hydrogen-bond donors (Lipinski definition) is 2. The quantitative estimate of drug-likeness (QED) is 0.202. The molecule has 1 amide bonds. The highest BCUT2D eigenvalue weighted by Gasteiger charge is 2.13. The molecule has 2 N–H and O–H groups in total. The lowest BCUT2D eigenvalue weighted by molar-refractivity contribution is -0.116. The Kier molecular flexibility index (Phi) is 7.63. The van der Waals surface area contributed by atoms with E-state index < -0.39 is 0 Å². The van der Waals surface area contributed by atoms with Crippen molar-refractivity contribution in [3.8, 4) is 11.3 Å². The molecule has 5 rings (SSSR count). The first-order chi connectivity index (χ1) is 18.1. The first-order valence-corrected chi connectivity index (χ1v) is 12.9. The Balaban J connectivity index is 1.24. The van der Waals surface area contributed by atoms with Crippen LogP contribution in [0.5, 0.6) is 0 Å². The molecule has 0 radical (unpaired) electrons. The van der Waals surface area contributed by atoms with Gasteiger partial charge in [-0.25, -0.2) is 4.98 Å². The van der Waals surface area contributed by atoms with Gasteiger partial charge in [-0.2, -0.15) is 9.61 Å². The molecule has 0 unspecified atom stereocenters. The number of hydrogen-bond acceptors (Lipinski definition) is 4. The van der Waals surface area contributed by atoms with Crippen LogP contribution < -0.4 is 10.6 Å². The molecule has 184 valence electrons. The number of aromatic nitrogens is 3. The highest BCUT2D eigenvalue weighted by Crippen LogP contribution is 2.30. The fraction of sp³-hybridized carbons (Fsp3) is 0.0690. The standard InChI is InChI=1S/C29H23BrClN5O/c30-24-19-34-36-27(16-26(35-29(24)36)23-8-4-5-9-25(23)31)32-17-21-10-12-22(13-11-21)18-33-28(37)15-14-20-6-2-1-3-7-20/h1-16,19,32H,17-18H2,(H,33,37)/b15-14+. The largest absolute Gasteiger partial charge is 0.366 e. The summed E-state index contributed by atoms with van der Waals surface area (Å²) in [6, 6.07) is 27.4. The van der Waals surface area contributed by atoms with Gasteiger partial charge in [0, 0.05) is 35.8 Å². The molecule has 0 bridgehead atoms. The van der Waals surface area contributed by atoms with Gasteiger partial charge < -0.3 is 10.6 Å². The van der Waals surface area contributed by atoms with Crippen LogP contribution in [0.2, 0.25) is 5.02 Å². The number of halogens is 2. The maximum atomic E-state index is 12.1. The fourth-order valence-electron chi connectivity index (χ4n) is 3.82.